The van der Waals surface area contributed by atoms with E-state index in [4.69, 9.17) is 0 Å². The van der Waals surface area contributed by atoms with Gasteiger partial charge in [-0.15, -0.1) is 0 Å². The van der Waals surface area contributed by atoms with Crippen molar-refractivity contribution in [2.75, 3.05) is 11.0 Å². The first-order valence-corrected chi connectivity index (χ1v) is 11.5. The highest BCUT2D eigenvalue weighted by atomic mass is 32.2. The average molecular weight is 416 g/mol. The quantitative estimate of drug-likeness (QED) is 0.784. The number of hydrogen-bond donors (Lipinski definition) is 2. The molecule has 6 nitrogen and oxygen atoms in total. The van der Waals surface area contributed by atoms with Crippen LogP contribution in [0.2, 0.25) is 0 Å². The summed E-state index contributed by atoms with van der Waals surface area (Å²) in [4.78, 5) is 12.9. The van der Waals surface area contributed by atoms with Gasteiger partial charge in [0.1, 0.15) is 11.0 Å². The Morgan fingerprint density at radius 3 is 2.55 bits per heavy atom. The van der Waals surface area contributed by atoms with Crippen molar-refractivity contribution in [3.05, 3.63) is 53.1 Å². The molecule has 156 valence electrons. The summed E-state index contributed by atoms with van der Waals surface area (Å²) in [7, 11) is -1.11. The molecule has 1 amide bonds. The summed E-state index contributed by atoms with van der Waals surface area (Å²) in [5.41, 5.74) is 9.33. The maximum atomic E-state index is 12.9. The molecule has 2 aromatic rings. The van der Waals surface area contributed by atoms with Gasteiger partial charge in [-0.1, -0.05) is 37.5 Å². The molecule has 0 aromatic heterocycles. The second-order valence-corrected chi connectivity index (χ2v) is 8.93. The monoisotopic (exact) mass is 415 g/mol. The Bertz CT molecular complexity index is 926. The van der Waals surface area contributed by atoms with Crippen molar-refractivity contribution in [3.8, 4) is 11.1 Å². The smallest absolute Gasteiger partial charge is 0.268 e. The maximum absolute atomic E-state index is 12.9. The van der Waals surface area contributed by atoms with Crippen LogP contribution in [-0.4, -0.2) is 32.9 Å². The van der Waals surface area contributed by atoms with Crippen LogP contribution < -0.4 is 10.1 Å². The van der Waals surface area contributed by atoms with Crippen molar-refractivity contribution in [1.29, 1.82) is 0 Å². The van der Waals surface area contributed by atoms with E-state index in [-0.39, 0.29) is 11.4 Å². The van der Waals surface area contributed by atoms with Gasteiger partial charge in [0.25, 0.3) is 5.91 Å². The Balaban J connectivity index is 0.00000240. The number of anilines is 1. The molecule has 1 saturated carbocycles. The third kappa shape index (κ3) is 4.69. The number of benzene rings is 2. The lowest BCUT2D eigenvalue weighted by molar-refractivity contribution is 0.0621. The highest BCUT2D eigenvalue weighted by Gasteiger charge is 2.31. The Labute approximate surface area is 174 Å². The fraction of sp³-hybridized carbons (Fsp3) is 0.409. The van der Waals surface area contributed by atoms with Gasteiger partial charge < -0.3 is 10.2 Å². The highest BCUT2D eigenvalue weighted by molar-refractivity contribution is 7.85. The number of hydrogen-bond acceptors (Lipinski definition) is 3. The molecular weight excluding hydrogens is 386 g/mol. The first-order chi connectivity index (χ1) is 13.5. The minimum Gasteiger partial charge on any atom is -0.412 e. The maximum Gasteiger partial charge on any atom is 0.268 e. The van der Waals surface area contributed by atoms with Gasteiger partial charge >= 0.3 is 0 Å². The molecule has 0 spiro atoms. The number of hydrazine groups is 1. The zero-order valence-corrected chi connectivity index (χ0v) is 17.8. The molecule has 2 aliphatic rings. The summed E-state index contributed by atoms with van der Waals surface area (Å²) in [5, 5.41) is 1.80. The van der Waals surface area contributed by atoms with Crippen LogP contribution in [0.15, 0.2) is 36.4 Å². The predicted molar refractivity (Wildman–Crippen MR) is 118 cm³/mol. The Morgan fingerprint density at radius 1 is 1.07 bits per heavy atom. The molecule has 4 rings (SSSR count). The minimum atomic E-state index is -1.11. The first-order valence-electron chi connectivity index (χ1n) is 9.93. The van der Waals surface area contributed by atoms with Crippen LogP contribution in [0.4, 0.5) is 5.69 Å². The Morgan fingerprint density at radius 2 is 1.83 bits per heavy atom. The van der Waals surface area contributed by atoms with Gasteiger partial charge in [0.15, 0.2) is 0 Å². The van der Waals surface area contributed by atoms with Crippen LogP contribution in [-0.2, 0) is 17.5 Å². The summed E-state index contributed by atoms with van der Waals surface area (Å²) in [6.07, 6.45) is 7.68. The molecule has 4 N–H and O–H groups in total. The summed E-state index contributed by atoms with van der Waals surface area (Å²) in [6, 6.07) is 12.5. The normalized spacial score (nSPS) is 17.6. The van der Waals surface area contributed by atoms with Gasteiger partial charge in [-0.2, -0.15) is 0 Å². The molecule has 7 heteroatoms. The fourth-order valence-electron chi connectivity index (χ4n) is 4.32. The highest BCUT2D eigenvalue weighted by Crippen LogP contribution is 2.32. The van der Waals surface area contributed by atoms with Crippen molar-refractivity contribution in [3.63, 3.8) is 0 Å². The van der Waals surface area contributed by atoms with Crippen LogP contribution in [0.5, 0.6) is 0 Å². The van der Waals surface area contributed by atoms with Crippen molar-refractivity contribution < 1.29 is 14.5 Å². The second kappa shape index (κ2) is 9.07. The second-order valence-electron chi connectivity index (χ2n) is 7.82. The van der Waals surface area contributed by atoms with E-state index in [1.165, 1.54) is 19.3 Å². The lowest BCUT2D eigenvalue weighted by Gasteiger charge is -2.28. The number of aryl methyl sites for hydroxylation is 1. The number of rotatable bonds is 5. The Hall–Kier alpha value is -2.22. The SMILES string of the molecule is Cc1cc(-c2cccc(NS(C)=O)c2)cc2c1C(=O)N(NC1CCCCC1)C2.O. The number of carbonyl (C=O) groups excluding carboxylic acids is 1. The molecule has 1 aliphatic carbocycles. The van der Waals surface area contributed by atoms with Gasteiger partial charge in [0.05, 0.1) is 6.54 Å². The van der Waals surface area contributed by atoms with Crippen molar-refractivity contribution in [1.82, 2.24) is 10.4 Å². The molecule has 1 atom stereocenters. The van der Waals surface area contributed by atoms with E-state index >= 15 is 0 Å². The molecule has 1 fully saturated rings. The van der Waals surface area contributed by atoms with Gasteiger partial charge in [-0.3, -0.25) is 9.80 Å². The van der Waals surface area contributed by atoms with Crippen LogP contribution in [0, 0.1) is 6.92 Å². The van der Waals surface area contributed by atoms with Gasteiger partial charge in [-0.25, -0.2) is 9.63 Å². The molecule has 0 radical (unpaired) electrons. The lowest BCUT2D eigenvalue weighted by Crippen LogP contribution is -2.45. The molecule has 29 heavy (non-hydrogen) atoms. The van der Waals surface area contributed by atoms with Crippen LogP contribution in [0.25, 0.3) is 11.1 Å². The molecule has 1 unspecified atom stereocenters. The summed E-state index contributed by atoms with van der Waals surface area (Å²) in [6.45, 7) is 2.61. The van der Waals surface area contributed by atoms with E-state index in [2.05, 4.69) is 22.3 Å². The lowest BCUT2D eigenvalue weighted by atomic mass is 9.96. The molecule has 1 aliphatic heterocycles. The average Bonchev–Trinajstić information content (AvgIpc) is 2.98. The van der Waals surface area contributed by atoms with E-state index < -0.39 is 11.0 Å². The van der Waals surface area contributed by atoms with E-state index in [0.29, 0.717) is 12.6 Å². The van der Waals surface area contributed by atoms with Crippen LogP contribution in [0.3, 0.4) is 0 Å². The topological polar surface area (TPSA) is 92.9 Å². The summed E-state index contributed by atoms with van der Waals surface area (Å²) >= 11 is 0. The van der Waals surface area contributed by atoms with Crippen molar-refractivity contribution in [2.45, 2.75) is 51.6 Å². The number of carbonyl (C=O) groups is 1. The third-order valence-electron chi connectivity index (χ3n) is 5.61. The van der Waals surface area contributed by atoms with Gasteiger partial charge in [-0.05, 0) is 60.2 Å². The zero-order chi connectivity index (χ0) is 19.7. The summed E-state index contributed by atoms with van der Waals surface area (Å²) in [5.74, 6) is 0.0846. The molecule has 1 heterocycles. The number of amides is 1. The molecule has 0 bridgehead atoms. The third-order valence-corrected chi connectivity index (χ3v) is 6.13. The molecule has 2 aromatic carbocycles. The number of fused-ring (bicyclic) bond motifs is 1. The molecular formula is C22H29N3O3S. The summed E-state index contributed by atoms with van der Waals surface area (Å²) < 4.78 is 14.4. The van der Waals surface area contributed by atoms with E-state index in [9.17, 15) is 9.00 Å². The minimum absolute atomic E-state index is 0. The van der Waals surface area contributed by atoms with E-state index in [0.717, 1.165) is 46.3 Å². The predicted octanol–water partition coefficient (Wildman–Crippen LogP) is 3.34. The van der Waals surface area contributed by atoms with Crippen LogP contribution in [0.1, 0.15) is 53.6 Å². The van der Waals surface area contributed by atoms with Crippen molar-refractivity contribution in [2.24, 2.45) is 0 Å². The Kier molecular flexibility index (Phi) is 6.72. The number of nitrogens with one attached hydrogen (secondary N) is 2. The van der Waals surface area contributed by atoms with Crippen molar-refractivity contribution >= 4 is 22.6 Å². The molecule has 0 saturated heterocycles. The number of nitrogens with zero attached hydrogens (tertiary/aromatic N) is 1. The largest absolute Gasteiger partial charge is 0.412 e. The fourth-order valence-corrected chi connectivity index (χ4v) is 4.78. The van der Waals surface area contributed by atoms with E-state index in [1.807, 2.05) is 31.2 Å². The zero-order valence-electron chi connectivity index (χ0n) is 17.0. The van der Waals surface area contributed by atoms with E-state index in [1.54, 1.807) is 11.3 Å². The van der Waals surface area contributed by atoms with Gasteiger partial charge in [0, 0.05) is 23.5 Å². The standard InChI is InChI=1S/C22H27N3O2S.H2O/c1-15-11-17(16-7-6-10-20(13-16)24-28(2)27)12-18-14-25(22(26)21(15)18)23-19-8-4-3-5-9-19;/h6-7,10-13,19,23-24H,3-5,8-9,14H2,1-2H3;1H2. The van der Waals surface area contributed by atoms with Gasteiger partial charge in [0.2, 0.25) is 0 Å². The van der Waals surface area contributed by atoms with Crippen LogP contribution >= 0.6 is 0 Å². The first kappa shape index (κ1) is 21.5.